The van der Waals surface area contributed by atoms with Gasteiger partial charge in [-0.25, -0.2) is 9.97 Å². The first-order chi connectivity index (χ1) is 8.20. The van der Waals surface area contributed by atoms with Gasteiger partial charge < -0.3 is 5.11 Å². The molecular weight excluding hydrogens is 269 g/mol. The summed E-state index contributed by atoms with van der Waals surface area (Å²) in [5.41, 5.74) is 1.26. The van der Waals surface area contributed by atoms with Gasteiger partial charge in [0.25, 0.3) is 0 Å². The number of carbonyl (C=O) groups is 1. The van der Waals surface area contributed by atoms with E-state index < -0.39 is 23.8 Å². The van der Waals surface area contributed by atoms with Crippen molar-refractivity contribution in [2.24, 2.45) is 5.92 Å². The lowest BCUT2D eigenvalue weighted by Crippen LogP contribution is -2.32. The number of hydrogen-bond donors (Lipinski definition) is 1. The molecule has 0 bridgehead atoms. The molecule has 8 heteroatoms. The van der Waals surface area contributed by atoms with Crippen molar-refractivity contribution in [1.29, 1.82) is 0 Å². The molecule has 0 radical (unpaired) electrons. The highest BCUT2D eigenvalue weighted by molar-refractivity contribution is 7.99. The van der Waals surface area contributed by atoms with Crippen LogP contribution in [0.3, 0.4) is 0 Å². The highest BCUT2D eigenvalue weighted by Gasteiger charge is 2.45. The Kier molecular flexibility index (Phi) is 4.55. The number of halogens is 3. The van der Waals surface area contributed by atoms with Crippen molar-refractivity contribution in [3.8, 4) is 0 Å². The SMILES string of the molecule is Cc1cc(C)nc(SCC(C(=O)O)C(F)(F)F)n1. The van der Waals surface area contributed by atoms with Crippen LogP contribution in [0, 0.1) is 19.8 Å². The summed E-state index contributed by atoms with van der Waals surface area (Å²) in [5, 5.41) is 8.68. The first-order valence-corrected chi connectivity index (χ1v) is 5.93. The molecule has 4 nitrogen and oxygen atoms in total. The Morgan fingerprint density at radius 3 is 2.28 bits per heavy atom. The lowest BCUT2D eigenvalue weighted by Gasteiger charge is -2.15. The van der Waals surface area contributed by atoms with E-state index in [1.807, 2.05) is 0 Å². The first-order valence-electron chi connectivity index (χ1n) is 4.94. The van der Waals surface area contributed by atoms with Crippen LogP contribution in [-0.2, 0) is 4.79 Å². The number of aryl methyl sites for hydroxylation is 2. The molecule has 1 rings (SSSR count). The average molecular weight is 280 g/mol. The second-order valence-corrected chi connectivity index (χ2v) is 4.66. The summed E-state index contributed by atoms with van der Waals surface area (Å²) >= 11 is 0.689. The Balaban J connectivity index is 2.76. The molecule has 0 spiro atoms. The van der Waals surface area contributed by atoms with E-state index in [2.05, 4.69) is 9.97 Å². The molecule has 0 aliphatic heterocycles. The molecule has 18 heavy (non-hydrogen) atoms. The highest BCUT2D eigenvalue weighted by atomic mass is 32.2. The summed E-state index contributed by atoms with van der Waals surface area (Å²) in [4.78, 5) is 18.4. The predicted molar refractivity (Wildman–Crippen MR) is 59.4 cm³/mol. The minimum Gasteiger partial charge on any atom is -0.481 e. The maximum Gasteiger partial charge on any atom is 0.403 e. The van der Waals surface area contributed by atoms with Crippen molar-refractivity contribution in [2.45, 2.75) is 25.2 Å². The zero-order valence-corrected chi connectivity index (χ0v) is 10.5. The van der Waals surface area contributed by atoms with Crippen molar-refractivity contribution in [2.75, 3.05) is 5.75 Å². The summed E-state index contributed by atoms with van der Waals surface area (Å²) in [6, 6.07) is 1.68. The van der Waals surface area contributed by atoms with E-state index in [9.17, 15) is 18.0 Å². The van der Waals surface area contributed by atoms with Crippen LogP contribution in [0.4, 0.5) is 13.2 Å². The van der Waals surface area contributed by atoms with Crippen molar-refractivity contribution >= 4 is 17.7 Å². The van der Waals surface area contributed by atoms with Gasteiger partial charge in [-0.3, -0.25) is 4.79 Å². The molecule has 100 valence electrons. The van der Waals surface area contributed by atoms with Crippen LogP contribution in [0.15, 0.2) is 11.2 Å². The molecular formula is C10H11F3N2O2S. The molecule has 0 aromatic carbocycles. The van der Waals surface area contributed by atoms with Gasteiger partial charge in [-0.05, 0) is 19.9 Å². The zero-order valence-electron chi connectivity index (χ0n) is 9.65. The quantitative estimate of drug-likeness (QED) is 0.678. The van der Waals surface area contributed by atoms with E-state index in [1.165, 1.54) is 0 Å². The third kappa shape index (κ3) is 4.17. The van der Waals surface area contributed by atoms with Gasteiger partial charge in [0.1, 0.15) is 0 Å². The minimum absolute atomic E-state index is 0.156. The van der Waals surface area contributed by atoms with E-state index in [0.717, 1.165) is 0 Å². The summed E-state index contributed by atoms with van der Waals surface area (Å²) in [6.45, 7) is 3.38. The van der Waals surface area contributed by atoms with Gasteiger partial charge in [0.05, 0.1) is 0 Å². The van der Waals surface area contributed by atoms with Crippen LogP contribution >= 0.6 is 11.8 Å². The first kappa shape index (κ1) is 14.7. The third-order valence-corrected chi connectivity index (χ3v) is 2.97. The number of carboxylic acid groups (broad SMARTS) is 1. The molecule has 0 saturated carbocycles. The van der Waals surface area contributed by atoms with Crippen LogP contribution in [0.25, 0.3) is 0 Å². The number of hydrogen-bond acceptors (Lipinski definition) is 4. The molecule has 0 aliphatic rings. The molecule has 1 N–H and O–H groups in total. The van der Waals surface area contributed by atoms with E-state index in [4.69, 9.17) is 5.11 Å². The molecule has 1 atom stereocenters. The Morgan fingerprint density at radius 1 is 1.39 bits per heavy atom. The smallest absolute Gasteiger partial charge is 0.403 e. The van der Waals surface area contributed by atoms with E-state index in [1.54, 1.807) is 19.9 Å². The number of carboxylic acids is 1. The van der Waals surface area contributed by atoms with Gasteiger partial charge in [-0.2, -0.15) is 13.2 Å². The van der Waals surface area contributed by atoms with Crippen LogP contribution in [0.1, 0.15) is 11.4 Å². The molecule has 1 unspecified atom stereocenters. The van der Waals surface area contributed by atoms with Crippen LogP contribution < -0.4 is 0 Å². The fourth-order valence-electron chi connectivity index (χ4n) is 1.22. The molecule has 0 aliphatic carbocycles. The lowest BCUT2D eigenvalue weighted by molar-refractivity contribution is -0.188. The van der Waals surface area contributed by atoms with Crippen molar-refractivity contribution in [3.63, 3.8) is 0 Å². The highest BCUT2D eigenvalue weighted by Crippen LogP contribution is 2.31. The van der Waals surface area contributed by atoms with Gasteiger partial charge in [0.2, 0.25) is 0 Å². The van der Waals surface area contributed by atoms with Crippen LogP contribution in [-0.4, -0.2) is 33.0 Å². The Labute approximate surface area is 106 Å². The number of nitrogens with zero attached hydrogens (tertiary/aromatic N) is 2. The maximum absolute atomic E-state index is 12.4. The van der Waals surface area contributed by atoms with Gasteiger partial charge in [-0.15, -0.1) is 0 Å². The molecule has 1 aromatic rings. The van der Waals surface area contributed by atoms with Crippen molar-refractivity contribution in [1.82, 2.24) is 9.97 Å². The van der Waals surface area contributed by atoms with E-state index in [-0.39, 0.29) is 5.16 Å². The second kappa shape index (κ2) is 5.55. The number of aromatic nitrogens is 2. The summed E-state index contributed by atoms with van der Waals surface area (Å²) in [6.07, 6.45) is -4.77. The molecule has 1 aromatic heterocycles. The molecule has 1 heterocycles. The fraction of sp³-hybridized carbons (Fsp3) is 0.500. The molecule has 0 saturated heterocycles. The van der Waals surface area contributed by atoms with Gasteiger partial charge in [-0.1, -0.05) is 11.8 Å². The molecule has 0 fully saturated rings. The largest absolute Gasteiger partial charge is 0.481 e. The van der Waals surface area contributed by atoms with Crippen LogP contribution in [0.5, 0.6) is 0 Å². The lowest BCUT2D eigenvalue weighted by atomic mass is 10.2. The Bertz CT molecular complexity index is 431. The number of thioether (sulfide) groups is 1. The fourth-order valence-corrected chi connectivity index (χ4v) is 2.29. The topological polar surface area (TPSA) is 63.1 Å². The number of rotatable bonds is 4. The monoisotopic (exact) mass is 280 g/mol. The summed E-state index contributed by atoms with van der Waals surface area (Å²) < 4.78 is 37.2. The Hall–Kier alpha value is -1.31. The third-order valence-electron chi connectivity index (χ3n) is 2.03. The van der Waals surface area contributed by atoms with Crippen LogP contribution in [0.2, 0.25) is 0 Å². The average Bonchev–Trinajstić information content (AvgIpc) is 2.12. The standard InChI is InChI=1S/C10H11F3N2O2S/c1-5-3-6(2)15-9(14-5)18-4-7(8(16)17)10(11,12)13/h3,7H,4H2,1-2H3,(H,16,17). The zero-order chi connectivity index (χ0) is 13.9. The van der Waals surface area contributed by atoms with Gasteiger partial charge in [0, 0.05) is 17.1 Å². The maximum atomic E-state index is 12.4. The van der Waals surface area contributed by atoms with Crippen molar-refractivity contribution < 1.29 is 23.1 Å². The van der Waals surface area contributed by atoms with Gasteiger partial charge in [0.15, 0.2) is 11.1 Å². The Morgan fingerprint density at radius 2 is 1.89 bits per heavy atom. The van der Waals surface area contributed by atoms with Gasteiger partial charge >= 0.3 is 12.1 Å². The van der Waals surface area contributed by atoms with Crippen molar-refractivity contribution in [3.05, 3.63) is 17.5 Å². The molecule has 0 amide bonds. The summed E-state index contributed by atoms with van der Waals surface area (Å²) in [7, 11) is 0. The number of aliphatic carboxylic acids is 1. The van der Waals surface area contributed by atoms with E-state index in [0.29, 0.717) is 23.1 Å². The number of alkyl halides is 3. The normalized spacial score (nSPS) is 13.4. The van der Waals surface area contributed by atoms with E-state index >= 15 is 0 Å². The predicted octanol–water partition coefficient (Wildman–Crippen LogP) is 2.45. The minimum atomic E-state index is -4.77. The summed E-state index contributed by atoms with van der Waals surface area (Å²) in [5.74, 6) is -4.94. The second-order valence-electron chi connectivity index (χ2n) is 3.68.